The molecule has 120 valence electrons. The van der Waals surface area contributed by atoms with Gasteiger partial charge in [-0.3, -0.25) is 10.2 Å². The lowest BCUT2D eigenvalue weighted by atomic mass is 9.72. The van der Waals surface area contributed by atoms with E-state index in [2.05, 4.69) is 15.3 Å². The van der Waals surface area contributed by atoms with Crippen molar-refractivity contribution in [3.8, 4) is 0 Å². The molecule has 2 aromatic rings. The number of hydrazine groups is 1. The van der Waals surface area contributed by atoms with E-state index in [0.717, 1.165) is 25.3 Å². The van der Waals surface area contributed by atoms with Crippen LogP contribution in [0.1, 0.15) is 35.2 Å². The second-order valence-corrected chi connectivity index (χ2v) is 5.46. The first-order chi connectivity index (χ1) is 11.0. The van der Waals surface area contributed by atoms with Crippen molar-refractivity contribution in [3.63, 3.8) is 0 Å². The van der Waals surface area contributed by atoms with E-state index in [0.29, 0.717) is 11.5 Å². The molecular weight excluding hydrogens is 304 g/mol. The molecule has 1 aliphatic rings. The molecule has 0 atom stereocenters. The lowest BCUT2D eigenvalue weighted by Gasteiger charge is -2.43. The predicted molar refractivity (Wildman–Crippen MR) is 79.2 cm³/mol. The summed E-state index contributed by atoms with van der Waals surface area (Å²) in [6, 6.07) is 3.86. The van der Waals surface area contributed by atoms with Gasteiger partial charge in [0.25, 0.3) is 5.91 Å². The molecular formula is C15H15F2N5O. The third-order valence-electron chi connectivity index (χ3n) is 4.08. The van der Waals surface area contributed by atoms with Crippen LogP contribution in [0.5, 0.6) is 0 Å². The zero-order chi connectivity index (χ0) is 16.4. The van der Waals surface area contributed by atoms with Gasteiger partial charge in [-0.25, -0.2) is 24.6 Å². The highest BCUT2D eigenvalue weighted by Gasteiger charge is 2.39. The molecule has 1 aliphatic carbocycles. The Hall–Kier alpha value is -2.61. The molecule has 1 heterocycles. The van der Waals surface area contributed by atoms with Gasteiger partial charge >= 0.3 is 0 Å². The summed E-state index contributed by atoms with van der Waals surface area (Å²) in [5.74, 6) is 3.10. The SMILES string of the molecule is NNC(=O)c1cnc(NC2(c3ccc(F)c(F)c3)CCC2)nc1. The molecule has 4 N–H and O–H groups in total. The van der Waals surface area contributed by atoms with Crippen LogP contribution < -0.4 is 16.6 Å². The monoisotopic (exact) mass is 319 g/mol. The van der Waals surface area contributed by atoms with E-state index in [1.807, 2.05) is 5.43 Å². The Bertz CT molecular complexity index is 731. The number of amides is 1. The molecule has 1 saturated carbocycles. The number of carbonyl (C=O) groups excluding carboxylic acids is 1. The first-order valence-corrected chi connectivity index (χ1v) is 7.11. The number of nitrogens with zero attached hydrogens (tertiary/aromatic N) is 2. The van der Waals surface area contributed by atoms with Crippen LogP contribution in [-0.2, 0) is 5.54 Å². The van der Waals surface area contributed by atoms with E-state index in [-0.39, 0.29) is 5.56 Å². The fourth-order valence-electron chi connectivity index (χ4n) is 2.62. The third kappa shape index (κ3) is 2.85. The summed E-state index contributed by atoms with van der Waals surface area (Å²) in [4.78, 5) is 19.5. The second-order valence-electron chi connectivity index (χ2n) is 5.46. The lowest BCUT2D eigenvalue weighted by molar-refractivity contribution is 0.0953. The fourth-order valence-corrected chi connectivity index (χ4v) is 2.62. The van der Waals surface area contributed by atoms with Crippen molar-refractivity contribution in [1.82, 2.24) is 15.4 Å². The predicted octanol–water partition coefficient (Wildman–Crippen LogP) is 1.85. The van der Waals surface area contributed by atoms with E-state index in [1.54, 1.807) is 6.07 Å². The molecule has 23 heavy (non-hydrogen) atoms. The summed E-state index contributed by atoms with van der Waals surface area (Å²) in [5.41, 5.74) is 2.35. The van der Waals surface area contributed by atoms with Crippen molar-refractivity contribution in [1.29, 1.82) is 0 Å². The van der Waals surface area contributed by atoms with Gasteiger partial charge in [0, 0.05) is 12.4 Å². The van der Waals surface area contributed by atoms with Crippen LogP contribution in [-0.4, -0.2) is 15.9 Å². The van der Waals surface area contributed by atoms with Crippen LogP contribution >= 0.6 is 0 Å². The van der Waals surface area contributed by atoms with E-state index in [1.165, 1.54) is 18.5 Å². The maximum atomic E-state index is 13.5. The van der Waals surface area contributed by atoms with Gasteiger partial charge in [-0.05, 0) is 37.0 Å². The van der Waals surface area contributed by atoms with Crippen molar-refractivity contribution >= 4 is 11.9 Å². The van der Waals surface area contributed by atoms with Gasteiger partial charge in [0.15, 0.2) is 11.6 Å². The average Bonchev–Trinajstić information content (AvgIpc) is 2.53. The number of benzene rings is 1. The van der Waals surface area contributed by atoms with E-state index in [4.69, 9.17) is 5.84 Å². The van der Waals surface area contributed by atoms with Crippen LogP contribution in [0.25, 0.3) is 0 Å². The number of carbonyl (C=O) groups is 1. The third-order valence-corrected chi connectivity index (χ3v) is 4.08. The van der Waals surface area contributed by atoms with E-state index < -0.39 is 23.1 Å². The summed E-state index contributed by atoms with van der Waals surface area (Å²) in [6.45, 7) is 0. The van der Waals surface area contributed by atoms with Gasteiger partial charge in [-0.2, -0.15) is 0 Å². The molecule has 8 heteroatoms. The largest absolute Gasteiger partial charge is 0.345 e. The molecule has 0 saturated heterocycles. The highest BCUT2D eigenvalue weighted by molar-refractivity contribution is 5.93. The number of anilines is 1. The Labute approximate surface area is 131 Å². The highest BCUT2D eigenvalue weighted by Crippen LogP contribution is 2.43. The van der Waals surface area contributed by atoms with Crippen LogP contribution in [0.15, 0.2) is 30.6 Å². The molecule has 0 spiro atoms. The summed E-state index contributed by atoms with van der Waals surface area (Å²) in [6.07, 6.45) is 5.16. The average molecular weight is 319 g/mol. The number of rotatable bonds is 4. The fraction of sp³-hybridized carbons (Fsp3) is 0.267. The summed E-state index contributed by atoms with van der Waals surface area (Å²) in [5, 5.41) is 3.16. The number of halogens is 2. The Morgan fingerprint density at radius 1 is 1.17 bits per heavy atom. The molecule has 6 nitrogen and oxygen atoms in total. The Morgan fingerprint density at radius 2 is 1.87 bits per heavy atom. The van der Waals surface area contributed by atoms with Crippen molar-refractivity contribution in [2.24, 2.45) is 5.84 Å². The number of nitrogen functional groups attached to an aromatic ring is 1. The Balaban J connectivity index is 1.84. The molecule has 1 aromatic heterocycles. The van der Waals surface area contributed by atoms with E-state index >= 15 is 0 Å². The van der Waals surface area contributed by atoms with Crippen LogP contribution in [0.3, 0.4) is 0 Å². The maximum Gasteiger partial charge on any atom is 0.268 e. The van der Waals surface area contributed by atoms with Crippen molar-refractivity contribution < 1.29 is 13.6 Å². The van der Waals surface area contributed by atoms with Gasteiger partial charge < -0.3 is 5.32 Å². The molecule has 0 unspecified atom stereocenters. The molecule has 1 aromatic carbocycles. The minimum atomic E-state index is -0.883. The van der Waals surface area contributed by atoms with Gasteiger partial charge in [0.05, 0.1) is 11.1 Å². The van der Waals surface area contributed by atoms with Crippen molar-refractivity contribution in [2.75, 3.05) is 5.32 Å². The smallest absolute Gasteiger partial charge is 0.268 e. The number of aromatic nitrogens is 2. The maximum absolute atomic E-state index is 13.5. The van der Waals surface area contributed by atoms with E-state index in [9.17, 15) is 13.6 Å². The highest BCUT2D eigenvalue weighted by atomic mass is 19.2. The van der Waals surface area contributed by atoms with Gasteiger partial charge in [0.1, 0.15) is 0 Å². The first kappa shape index (κ1) is 15.3. The summed E-state index contributed by atoms with van der Waals surface area (Å²) < 4.78 is 26.6. The quantitative estimate of drug-likeness (QED) is 0.454. The summed E-state index contributed by atoms with van der Waals surface area (Å²) >= 11 is 0. The minimum absolute atomic E-state index is 0.230. The topological polar surface area (TPSA) is 92.9 Å². The number of nitrogens with one attached hydrogen (secondary N) is 2. The van der Waals surface area contributed by atoms with Crippen LogP contribution in [0.4, 0.5) is 14.7 Å². The normalized spacial score (nSPS) is 15.6. The molecule has 0 radical (unpaired) electrons. The molecule has 3 rings (SSSR count). The zero-order valence-corrected chi connectivity index (χ0v) is 12.1. The van der Waals surface area contributed by atoms with Crippen molar-refractivity contribution in [2.45, 2.75) is 24.8 Å². The molecule has 0 aliphatic heterocycles. The van der Waals surface area contributed by atoms with Crippen LogP contribution in [0.2, 0.25) is 0 Å². The zero-order valence-electron chi connectivity index (χ0n) is 12.1. The first-order valence-electron chi connectivity index (χ1n) is 7.11. The minimum Gasteiger partial charge on any atom is -0.345 e. The standard InChI is InChI=1S/C15H15F2N5O/c16-11-3-2-10(6-12(11)17)15(4-1-5-15)21-14-19-7-9(8-20-14)13(23)22-18/h2-3,6-8H,1,4-5,18H2,(H,22,23)(H,19,20,21). The van der Waals surface area contributed by atoms with Crippen molar-refractivity contribution in [3.05, 3.63) is 53.4 Å². The van der Waals surface area contributed by atoms with Gasteiger partial charge in [0.2, 0.25) is 5.95 Å². The molecule has 1 fully saturated rings. The number of nitrogens with two attached hydrogens (primary N) is 1. The molecule has 1 amide bonds. The van der Waals surface area contributed by atoms with Gasteiger partial charge in [-0.15, -0.1) is 0 Å². The summed E-state index contributed by atoms with van der Waals surface area (Å²) in [7, 11) is 0. The number of hydrogen-bond acceptors (Lipinski definition) is 5. The second kappa shape index (κ2) is 5.88. The van der Waals surface area contributed by atoms with Gasteiger partial charge in [-0.1, -0.05) is 6.07 Å². The molecule has 0 bridgehead atoms. The van der Waals surface area contributed by atoms with Crippen LogP contribution in [0, 0.1) is 11.6 Å². The number of hydrogen-bond donors (Lipinski definition) is 3. The lowest BCUT2D eigenvalue weighted by Crippen LogP contribution is -2.42. The Morgan fingerprint density at radius 3 is 2.39 bits per heavy atom. The Kier molecular flexibility index (Phi) is 3.91.